The van der Waals surface area contributed by atoms with Crippen molar-refractivity contribution >= 4 is 11.6 Å². The van der Waals surface area contributed by atoms with Gasteiger partial charge < -0.3 is 10.5 Å². The Kier molecular flexibility index (Phi) is 7.39. The standard InChI is InChI=1S/C15H25ClN2O/c1-4-14(17)15(18(3)10-11-19-5-2)12-8-6-7-9-13(12)16/h6-9,14-15H,4-5,10-11,17H2,1-3H3. The van der Waals surface area contributed by atoms with E-state index in [1.54, 1.807) is 0 Å². The predicted molar refractivity (Wildman–Crippen MR) is 81.6 cm³/mol. The number of hydrogen-bond acceptors (Lipinski definition) is 3. The SMILES string of the molecule is CCOCCN(C)C(c1ccccc1Cl)C(N)CC. The molecule has 0 aliphatic rings. The molecular formula is C15H25ClN2O. The van der Waals surface area contributed by atoms with E-state index in [0.717, 1.165) is 30.2 Å². The van der Waals surface area contributed by atoms with Crippen molar-refractivity contribution in [2.75, 3.05) is 26.8 Å². The first-order valence-corrected chi connectivity index (χ1v) is 7.27. The van der Waals surface area contributed by atoms with Gasteiger partial charge in [-0.15, -0.1) is 0 Å². The lowest BCUT2D eigenvalue weighted by Crippen LogP contribution is -2.40. The molecule has 1 aromatic rings. The molecule has 0 amide bonds. The third kappa shape index (κ3) is 4.77. The molecule has 19 heavy (non-hydrogen) atoms. The van der Waals surface area contributed by atoms with Crippen molar-refractivity contribution in [2.45, 2.75) is 32.4 Å². The van der Waals surface area contributed by atoms with Crippen LogP contribution in [0.4, 0.5) is 0 Å². The lowest BCUT2D eigenvalue weighted by atomic mass is 9.96. The van der Waals surface area contributed by atoms with Crippen LogP contribution in [0.2, 0.25) is 5.02 Å². The van der Waals surface area contributed by atoms with E-state index in [2.05, 4.69) is 24.9 Å². The van der Waals surface area contributed by atoms with Gasteiger partial charge in [0.05, 0.1) is 12.6 Å². The van der Waals surface area contributed by atoms with Crippen molar-refractivity contribution in [1.82, 2.24) is 4.90 Å². The highest BCUT2D eigenvalue weighted by Crippen LogP contribution is 2.29. The number of nitrogens with two attached hydrogens (primary N) is 1. The first-order valence-electron chi connectivity index (χ1n) is 6.89. The number of ether oxygens (including phenoxy) is 1. The summed E-state index contributed by atoms with van der Waals surface area (Å²) >= 11 is 6.31. The number of rotatable bonds is 8. The molecule has 0 aliphatic heterocycles. The minimum Gasteiger partial charge on any atom is -0.380 e. The van der Waals surface area contributed by atoms with Crippen molar-refractivity contribution in [1.29, 1.82) is 0 Å². The average Bonchev–Trinajstić information content (AvgIpc) is 2.41. The average molecular weight is 285 g/mol. The van der Waals surface area contributed by atoms with Crippen molar-refractivity contribution in [2.24, 2.45) is 5.73 Å². The minimum atomic E-state index is 0.0616. The molecule has 4 heteroatoms. The summed E-state index contributed by atoms with van der Waals surface area (Å²) in [6.07, 6.45) is 0.912. The maximum Gasteiger partial charge on any atom is 0.0593 e. The van der Waals surface area contributed by atoms with Gasteiger partial charge in [0.2, 0.25) is 0 Å². The molecule has 1 rings (SSSR count). The van der Waals surface area contributed by atoms with Crippen LogP contribution < -0.4 is 5.73 Å². The summed E-state index contributed by atoms with van der Waals surface area (Å²) in [6, 6.07) is 8.11. The quantitative estimate of drug-likeness (QED) is 0.746. The van der Waals surface area contributed by atoms with Crippen molar-refractivity contribution in [3.8, 4) is 0 Å². The topological polar surface area (TPSA) is 38.5 Å². The van der Waals surface area contributed by atoms with Gasteiger partial charge in [-0.25, -0.2) is 0 Å². The Labute approximate surface area is 121 Å². The molecule has 2 unspecified atom stereocenters. The molecule has 1 aromatic carbocycles. The van der Waals surface area contributed by atoms with E-state index in [4.69, 9.17) is 22.1 Å². The maximum atomic E-state index is 6.31. The summed E-state index contributed by atoms with van der Waals surface area (Å²) in [6.45, 7) is 6.40. The molecule has 0 bridgehead atoms. The van der Waals surface area contributed by atoms with Crippen LogP contribution in [0.3, 0.4) is 0 Å². The Morgan fingerprint density at radius 2 is 2.00 bits per heavy atom. The number of hydrogen-bond donors (Lipinski definition) is 1. The fourth-order valence-corrected chi connectivity index (χ4v) is 2.47. The summed E-state index contributed by atoms with van der Waals surface area (Å²) < 4.78 is 5.42. The van der Waals surface area contributed by atoms with E-state index in [0.29, 0.717) is 6.61 Å². The van der Waals surface area contributed by atoms with Gasteiger partial charge in [0.25, 0.3) is 0 Å². The van der Waals surface area contributed by atoms with Crippen LogP contribution in [-0.4, -0.2) is 37.7 Å². The van der Waals surface area contributed by atoms with E-state index in [9.17, 15) is 0 Å². The molecule has 0 aromatic heterocycles. The first-order chi connectivity index (χ1) is 9.11. The number of halogens is 1. The van der Waals surface area contributed by atoms with Crippen LogP contribution in [0.25, 0.3) is 0 Å². The second kappa shape index (κ2) is 8.54. The van der Waals surface area contributed by atoms with Crippen LogP contribution in [-0.2, 0) is 4.74 Å². The highest BCUT2D eigenvalue weighted by atomic mass is 35.5. The van der Waals surface area contributed by atoms with Crippen molar-refractivity contribution in [3.63, 3.8) is 0 Å². The monoisotopic (exact) mass is 284 g/mol. The Hall–Kier alpha value is -0.610. The van der Waals surface area contributed by atoms with E-state index in [1.807, 2.05) is 25.1 Å². The summed E-state index contributed by atoms with van der Waals surface area (Å²) in [5.41, 5.74) is 7.38. The lowest BCUT2D eigenvalue weighted by molar-refractivity contribution is 0.100. The smallest absolute Gasteiger partial charge is 0.0593 e. The predicted octanol–water partition coefficient (Wildman–Crippen LogP) is 3.09. The fraction of sp³-hybridized carbons (Fsp3) is 0.600. The molecule has 0 aliphatic carbocycles. The van der Waals surface area contributed by atoms with Crippen LogP contribution in [0.5, 0.6) is 0 Å². The van der Waals surface area contributed by atoms with Crippen LogP contribution in [0.1, 0.15) is 31.9 Å². The molecule has 0 radical (unpaired) electrons. The molecule has 0 spiro atoms. The van der Waals surface area contributed by atoms with Gasteiger partial charge in [-0.2, -0.15) is 0 Å². The molecule has 2 atom stereocenters. The molecule has 0 heterocycles. The van der Waals surface area contributed by atoms with Crippen LogP contribution in [0.15, 0.2) is 24.3 Å². The first kappa shape index (κ1) is 16.4. The third-order valence-electron chi connectivity index (χ3n) is 3.37. The Morgan fingerprint density at radius 1 is 1.32 bits per heavy atom. The molecule has 2 N–H and O–H groups in total. The van der Waals surface area contributed by atoms with Gasteiger partial charge in [0, 0.05) is 24.2 Å². The third-order valence-corrected chi connectivity index (χ3v) is 3.71. The molecule has 3 nitrogen and oxygen atoms in total. The summed E-state index contributed by atoms with van der Waals surface area (Å²) in [7, 11) is 2.07. The van der Waals surface area contributed by atoms with E-state index in [-0.39, 0.29) is 12.1 Å². The second-order valence-corrected chi connectivity index (χ2v) is 5.12. The molecule has 0 saturated carbocycles. The van der Waals surface area contributed by atoms with E-state index < -0.39 is 0 Å². The van der Waals surface area contributed by atoms with Gasteiger partial charge in [0.1, 0.15) is 0 Å². The molecular weight excluding hydrogens is 260 g/mol. The van der Waals surface area contributed by atoms with Gasteiger partial charge in [-0.3, -0.25) is 4.90 Å². The van der Waals surface area contributed by atoms with E-state index >= 15 is 0 Å². The fourth-order valence-electron chi connectivity index (χ4n) is 2.23. The minimum absolute atomic E-state index is 0.0616. The highest BCUT2D eigenvalue weighted by Gasteiger charge is 2.24. The number of benzene rings is 1. The molecule has 0 fully saturated rings. The Morgan fingerprint density at radius 3 is 2.58 bits per heavy atom. The van der Waals surface area contributed by atoms with Gasteiger partial charge in [0.15, 0.2) is 0 Å². The highest BCUT2D eigenvalue weighted by molar-refractivity contribution is 6.31. The van der Waals surface area contributed by atoms with Crippen LogP contribution >= 0.6 is 11.6 Å². The normalized spacial score (nSPS) is 14.6. The summed E-state index contributed by atoms with van der Waals surface area (Å²) in [4.78, 5) is 2.23. The zero-order valence-electron chi connectivity index (χ0n) is 12.1. The van der Waals surface area contributed by atoms with Gasteiger partial charge in [-0.1, -0.05) is 36.7 Å². The zero-order chi connectivity index (χ0) is 14.3. The van der Waals surface area contributed by atoms with E-state index in [1.165, 1.54) is 0 Å². The van der Waals surface area contributed by atoms with Gasteiger partial charge >= 0.3 is 0 Å². The van der Waals surface area contributed by atoms with Crippen molar-refractivity contribution < 1.29 is 4.74 Å². The van der Waals surface area contributed by atoms with Crippen molar-refractivity contribution in [3.05, 3.63) is 34.9 Å². The number of nitrogens with zero attached hydrogens (tertiary/aromatic N) is 1. The Balaban J connectivity index is 2.86. The molecule has 108 valence electrons. The number of likely N-dealkylation sites (N-methyl/N-ethyl adjacent to an activating group) is 1. The summed E-state index contributed by atoms with van der Waals surface area (Å²) in [5.74, 6) is 0. The largest absolute Gasteiger partial charge is 0.380 e. The zero-order valence-corrected chi connectivity index (χ0v) is 12.9. The maximum absolute atomic E-state index is 6.31. The lowest BCUT2D eigenvalue weighted by Gasteiger charge is -2.33. The second-order valence-electron chi connectivity index (χ2n) is 4.72. The van der Waals surface area contributed by atoms with Crippen LogP contribution in [0, 0.1) is 0 Å². The Bertz CT molecular complexity index is 373. The summed E-state index contributed by atoms with van der Waals surface area (Å²) in [5, 5.41) is 0.777. The van der Waals surface area contributed by atoms with Gasteiger partial charge in [-0.05, 0) is 32.0 Å². The molecule has 0 saturated heterocycles.